The number of ether oxygens (including phenoxy) is 1. The van der Waals surface area contributed by atoms with Gasteiger partial charge in [-0.25, -0.2) is 4.79 Å². The molecule has 3 aromatic heterocycles. The summed E-state index contributed by atoms with van der Waals surface area (Å²) in [5.41, 5.74) is -0.504. The second kappa shape index (κ2) is 10.7. The Balaban J connectivity index is 1.56. The van der Waals surface area contributed by atoms with E-state index in [0.29, 0.717) is 25.7 Å². The van der Waals surface area contributed by atoms with Crippen molar-refractivity contribution in [3.8, 4) is 5.75 Å². The molecule has 9 nitrogen and oxygen atoms in total. The van der Waals surface area contributed by atoms with Crippen LogP contribution in [0.5, 0.6) is 5.75 Å². The summed E-state index contributed by atoms with van der Waals surface area (Å²) in [6.07, 6.45) is 2.59. The van der Waals surface area contributed by atoms with Crippen molar-refractivity contribution in [1.82, 2.24) is 10.2 Å². The molecule has 3 rings (SSSR count). The van der Waals surface area contributed by atoms with Gasteiger partial charge in [0.2, 0.25) is 28.0 Å². The number of furan rings is 1. The summed E-state index contributed by atoms with van der Waals surface area (Å²) in [6, 6.07) is 4.20. The van der Waals surface area contributed by atoms with Crippen LogP contribution in [-0.4, -0.2) is 22.1 Å². The number of nitrogens with zero attached hydrogens (tertiary/aromatic N) is 2. The van der Waals surface area contributed by atoms with Crippen molar-refractivity contribution in [2.45, 2.75) is 36.8 Å². The van der Waals surface area contributed by atoms with E-state index in [2.05, 4.69) is 31.4 Å². The number of esters is 1. The molecule has 0 aromatic carbocycles. The highest BCUT2D eigenvalue weighted by atomic mass is 79.9. The van der Waals surface area contributed by atoms with Gasteiger partial charge < -0.3 is 18.9 Å². The van der Waals surface area contributed by atoms with Gasteiger partial charge in [0.15, 0.2) is 9.01 Å². The maximum Gasteiger partial charge on any atom is 0.379 e. The second-order valence-corrected chi connectivity index (χ2v) is 9.21. The molecule has 0 unspecified atom stereocenters. The van der Waals surface area contributed by atoms with Crippen molar-refractivity contribution in [2.75, 3.05) is 5.32 Å². The van der Waals surface area contributed by atoms with Crippen LogP contribution < -0.4 is 15.5 Å². The van der Waals surface area contributed by atoms with Gasteiger partial charge in [-0.1, -0.05) is 36.9 Å². The standard InChI is InChI=1S/C19H18BrN3O6S2/c1-3-10(4-2)16(25)21-18-22-23-19(31-18)30-9-11-7-12(24)14(8-27-11)29-17(26)13-5-6-15(20)28-13/h5-8,10H,3-4,9H2,1-2H3,(H,21,22,25). The molecule has 164 valence electrons. The van der Waals surface area contributed by atoms with E-state index < -0.39 is 11.4 Å². The Morgan fingerprint density at radius 2 is 2.06 bits per heavy atom. The Bertz CT molecular complexity index is 1120. The van der Waals surface area contributed by atoms with E-state index in [1.165, 1.54) is 41.3 Å². The number of halogens is 1. The Morgan fingerprint density at radius 3 is 2.71 bits per heavy atom. The largest absolute Gasteiger partial charge is 0.464 e. The molecule has 0 aliphatic carbocycles. The maximum atomic E-state index is 12.2. The van der Waals surface area contributed by atoms with E-state index in [9.17, 15) is 14.4 Å². The SMILES string of the molecule is CCC(CC)C(=O)Nc1nnc(SCc2cc(=O)c(OC(=O)c3ccc(Br)o3)co2)s1. The minimum atomic E-state index is -0.808. The molecule has 12 heteroatoms. The van der Waals surface area contributed by atoms with Crippen LogP contribution in [0.1, 0.15) is 43.0 Å². The van der Waals surface area contributed by atoms with Crippen LogP contribution in [0, 0.1) is 5.92 Å². The molecular formula is C19H18BrN3O6S2. The van der Waals surface area contributed by atoms with Crippen LogP contribution in [0.15, 0.2) is 47.1 Å². The number of anilines is 1. The Hall–Kier alpha value is -2.44. The lowest BCUT2D eigenvalue weighted by atomic mass is 10.0. The summed E-state index contributed by atoms with van der Waals surface area (Å²) >= 11 is 5.63. The smallest absolute Gasteiger partial charge is 0.379 e. The van der Waals surface area contributed by atoms with Crippen LogP contribution in [-0.2, 0) is 10.5 Å². The van der Waals surface area contributed by atoms with Crippen LogP contribution in [0.2, 0.25) is 0 Å². The van der Waals surface area contributed by atoms with Gasteiger partial charge in [0.25, 0.3) is 0 Å². The van der Waals surface area contributed by atoms with Crippen LogP contribution in [0.25, 0.3) is 0 Å². The van der Waals surface area contributed by atoms with Crippen molar-refractivity contribution >= 4 is 56.0 Å². The van der Waals surface area contributed by atoms with E-state index in [4.69, 9.17) is 13.6 Å². The highest BCUT2D eigenvalue weighted by Gasteiger charge is 2.18. The van der Waals surface area contributed by atoms with Crippen LogP contribution in [0.3, 0.4) is 0 Å². The number of thioether (sulfide) groups is 1. The molecule has 0 saturated carbocycles. The van der Waals surface area contributed by atoms with Gasteiger partial charge >= 0.3 is 5.97 Å². The lowest BCUT2D eigenvalue weighted by Crippen LogP contribution is -2.21. The molecule has 0 spiro atoms. The fourth-order valence-electron chi connectivity index (χ4n) is 2.48. The average molecular weight is 528 g/mol. The van der Waals surface area contributed by atoms with E-state index in [1.54, 1.807) is 0 Å². The molecule has 0 bridgehead atoms. The minimum Gasteiger partial charge on any atom is -0.464 e. The Morgan fingerprint density at radius 1 is 1.29 bits per heavy atom. The van der Waals surface area contributed by atoms with Crippen molar-refractivity contribution in [2.24, 2.45) is 5.92 Å². The molecule has 31 heavy (non-hydrogen) atoms. The number of amides is 1. The topological polar surface area (TPSA) is 125 Å². The number of nitrogens with one attached hydrogen (secondary N) is 1. The van der Waals surface area contributed by atoms with Gasteiger partial charge in [-0.2, -0.15) is 0 Å². The molecule has 0 atom stereocenters. The fraction of sp³-hybridized carbons (Fsp3) is 0.316. The first-order valence-electron chi connectivity index (χ1n) is 9.26. The predicted molar refractivity (Wildman–Crippen MR) is 119 cm³/mol. The zero-order valence-electron chi connectivity index (χ0n) is 16.5. The summed E-state index contributed by atoms with van der Waals surface area (Å²) in [5.74, 6) is -0.552. The normalized spacial score (nSPS) is 11.0. The molecule has 1 amide bonds. The molecule has 0 saturated heterocycles. The summed E-state index contributed by atoms with van der Waals surface area (Å²) < 4.78 is 16.5. The molecule has 0 aliphatic heterocycles. The zero-order valence-corrected chi connectivity index (χ0v) is 19.8. The average Bonchev–Trinajstić information content (AvgIpc) is 3.38. The van der Waals surface area contributed by atoms with Gasteiger partial charge in [-0.05, 0) is 40.9 Å². The van der Waals surface area contributed by atoms with Crippen molar-refractivity contribution in [3.05, 3.63) is 50.9 Å². The summed E-state index contributed by atoms with van der Waals surface area (Å²) in [4.78, 5) is 36.3. The number of aromatic nitrogens is 2. The second-order valence-electron chi connectivity index (χ2n) is 6.23. The van der Waals surface area contributed by atoms with Crippen molar-refractivity contribution in [1.29, 1.82) is 0 Å². The number of hydrogen-bond acceptors (Lipinski definition) is 10. The number of carbonyl (C=O) groups is 2. The molecular weight excluding hydrogens is 510 g/mol. The highest BCUT2D eigenvalue weighted by Crippen LogP contribution is 2.29. The lowest BCUT2D eigenvalue weighted by molar-refractivity contribution is -0.120. The maximum absolute atomic E-state index is 12.2. The lowest BCUT2D eigenvalue weighted by Gasteiger charge is -2.09. The van der Waals surface area contributed by atoms with Gasteiger partial charge in [0, 0.05) is 12.0 Å². The number of rotatable bonds is 9. The van der Waals surface area contributed by atoms with Crippen LogP contribution in [0.4, 0.5) is 5.13 Å². The zero-order chi connectivity index (χ0) is 22.4. The van der Waals surface area contributed by atoms with Gasteiger partial charge in [-0.3, -0.25) is 9.59 Å². The molecule has 0 aliphatic rings. The van der Waals surface area contributed by atoms with Crippen molar-refractivity contribution in [3.63, 3.8) is 0 Å². The quantitative estimate of drug-likeness (QED) is 0.238. The van der Waals surface area contributed by atoms with Crippen LogP contribution >= 0.6 is 39.0 Å². The van der Waals surface area contributed by atoms with E-state index >= 15 is 0 Å². The van der Waals surface area contributed by atoms with Crippen molar-refractivity contribution < 1.29 is 23.2 Å². The first-order valence-corrected chi connectivity index (χ1v) is 11.9. The fourth-order valence-corrected chi connectivity index (χ4v) is 4.43. The molecule has 3 heterocycles. The number of carbonyl (C=O) groups excluding carboxylic acids is 2. The van der Waals surface area contributed by atoms with E-state index in [-0.39, 0.29) is 23.3 Å². The summed E-state index contributed by atoms with van der Waals surface area (Å²) in [7, 11) is 0. The number of hydrogen-bond donors (Lipinski definition) is 1. The predicted octanol–water partition coefficient (Wildman–Crippen LogP) is 4.73. The van der Waals surface area contributed by atoms with Gasteiger partial charge in [0.1, 0.15) is 12.0 Å². The van der Waals surface area contributed by atoms with Gasteiger partial charge in [0.05, 0.1) is 5.75 Å². The molecule has 0 fully saturated rings. The molecule has 1 N–H and O–H groups in total. The third-order valence-electron chi connectivity index (χ3n) is 4.16. The summed E-state index contributed by atoms with van der Waals surface area (Å²) in [6.45, 7) is 3.93. The monoisotopic (exact) mass is 527 g/mol. The third kappa shape index (κ3) is 6.28. The first-order chi connectivity index (χ1) is 14.9. The minimum absolute atomic E-state index is 0.0470. The van der Waals surface area contributed by atoms with E-state index in [0.717, 1.165) is 19.1 Å². The summed E-state index contributed by atoms with van der Waals surface area (Å²) in [5, 5.41) is 11.2. The Labute approximate surface area is 193 Å². The highest BCUT2D eigenvalue weighted by molar-refractivity contribution is 9.10. The molecule has 3 aromatic rings. The molecule has 0 radical (unpaired) electrons. The van der Waals surface area contributed by atoms with Gasteiger partial charge in [-0.15, -0.1) is 10.2 Å². The first kappa shape index (κ1) is 23.2. The van der Waals surface area contributed by atoms with E-state index in [1.807, 2.05) is 13.8 Å². The Kier molecular flexibility index (Phi) is 8.04. The third-order valence-corrected chi connectivity index (χ3v) is 6.58.